The van der Waals surface area contributed by atoms with Crippen molar-refractivity contribution in [3.63, 3.8) is 0 Å². The number of halogens is 2. The van der Waals surface area contributed by atoms with Crippen LogP contribution < -0.4 is 10.5 Å². The number of hydrogen-bond acceptors (Lipinski definition) is 3. The molecule has 0 radical (unpaired) electrons. The van der Waals surface area contributed by atoms with Crippen LogP contribution in [0.25, 0.3) is 0 Å². The zero-order valence-electron chi connectivity index (χ0n) is 9.25. The fourth-order valence-corrected chi connectivity index (χ4v) is 1.57. The molecule has 0 aliphatic heterocycles. The molecule has 1 aromatic carbocycles. The predicted molar refractivity (Wildman–Crippen MR) is 68.5 cm³/mol. The van der Waals surface area contributed by atoms with E-state index < -0.39 is 0 Å². The third kappa shape index (κ3) is 4.58. The van der Waals surface area contributed by atoms with Crippen LogP contribution in [0.15, 0.2) is 18.2 Å². The second kappa shape index (κ2) is 6.97. The fraction of sp³-hybridized carbons (Fsp3) is 0.455. The van der Waals surface area contributed by atoms with Crippen molar-refractivity contribution in [2.24, 2.45) is 5.73 Å². The summed E-state index contributed by atoms with van der Waals surface area (Å²) in [4.78, 5) is 2.10. The molecule has 3 nitrogen and oxygen atoms in total. The van der Waals surface area contributed by atoms with Gasteiger partial charge in [0.05, 0.1) is 5.02 Å². The van der Waals surface area contributed by atoms with Crippen LogP contribution >= 0.6 is 23.2 Å². The molecule has 1 aromatic rings. The molecule has 0 amide bonds. The molecule has 2 N–H and O–H groups in total. The number of likely N-dealkylation sites (N-methyl/N-ethyl adjacent to an activating group) is 1. The van der Waals surface area contributed by atoms with Crippen molar-refractivity contribution in [2.75, 3.05) is 33.3 Å². The van der Waals surface area contributed by atoms with Crippen LogP contribution in [-0.4, -0.2) is 38.2 Å². The molecule has 90 valence electrons. The van der Waals surface area contributed by atoms with Gasteiger partial charge in [0.25, 0.3) is 0 Å². The molecule has 0 saturated carbocycles. The SMILES string of the molecule is CN(CCN)CCOc1cc(Cl)ccc1Cl. The smallest absolute Gasteiger partial charge is 0.139 e. The second-order valence-electron chi connectivity index (χ2n) is 3.52. The van der Waals surface area contributed by atoms with E-state index in [9.17, 15) is 0 Å². The number of benzene rings is 1. The normalized spacial score (nSPS) is 10.8. The highest BCUT2D eigenvalue weighted by atomic mass is 35.5. The lowest BCUT2D eigenvalue weighted by atomic mass is 10.3. The van der Waals surface area contributed by atoms with E-state index in [4.69, 9.17) is 33.7 Å². The molecule has 16 heavy (non-hydrogen) atoms. The van der Waals surface area contributed by atoms with Crippen LogP contribution in [0.1, 0.15) is 0 Å². The lowest BCUT2D eigenvalue weighted by molar-refractivity contribution is 0.241. The van der Waals surface area contributed by atoms with Gasteiger partial charge in [-0.05, 0) is 19.2 Å². The Kier molecular flexibility index (Phi) is 5.91. The molecular weight excluding hydrogens is 247 g/mol. The minimum atomic E-state index is 0.566. The van der Waals surface area contributed by atoms with E-state index in [0.29, 0.717) is 28.9 Å². The van der Waals surface area contributed by atoms with Gasteiger partial charge in [-0.15, -0.1) is 0 Å². The Morgan fingerprint density at radius 3 is 2.75 bits per heavy atom. The molecule has 0 aliphatic carbocycles. The summed E-state index contributed by atoms with van der Waals surface area (Å²) in [7, 11) is 2.00. The van der Waals surface area contributed by atoms with E-state index in [1.54, 1.807) is 18.2 Å². The number of rotatable bonds is 6. The van der Waals surface area contributed by atoms with Gasteiger partial charge in [-0.25, -0.2) is 0 Å². The summed E-state index contributed by atoms with van der Waals surface area (Å²) in [6, 6.07) is 5.17. The standard InChI is InChI=1S/C11H16Cl2N2O/c1-15(5-4-14)6-7-16-11-8-9(12)2-3-10(11)13/h2-3,8H,4-7,14H2,1H3. The summed E-state index contributed by atoms with van der Waals surface area (Å²) < 4.78 is 5.54. The van der Waals surface area contributed by atoms with Crippen LogP contribution in [-0.2, 0) is 0 Å². The van der Waals surface area contributed by atoms with Crippen molar-refractivity contribution in [3.8, 4) is 5.75 Å². The van der Waals surface area contributed by atoms with Crippen LogP contribution in [0.5, 0.6) is 5.75 Å². The average molecular weight is 263 g/mol. The van der Waals surface area contributed by atoms with Gasteiger partial charge in [0.15, 0.2) is 0 Å². The van der Waals surface area contributed by atoms with Crippen LogP contribution in [0.3, 0.4) is 0 Å². The molecule has 0 spiro atoms. The number of ether oxygens (including phenoxy) is 1. The van der Waals surface area contributed by atoms with Crippen molar-refractivity contribution >= 4 is 23.2 Å². The topological polar surface area (TPSA) is 38.5 Å². The Hall–Kier alpha value is -0.480. The molecule has 0 aromatic heterocycles. The van der Waals surface area contributed by atoms with Crippen LogP contribution in [0.2, 0.25) is 10.0 Å². The van der Waals surface area contributed by atoms with E-state index in [2.05, 4.69) is 4.90 Å². The predicted octanol–water partition coefficient (Wildman–Crippen LogP) is 2.26. The van der Waals surface area contributed by atoms with Crippen molar-refractivity contribution in [1.82, 2.24) is 4.90 Å². The molecule has 0 atom stereocenters. The molecule has 0 aliphatic rings. The minimum Gasteiger partial charge on any atom is -0.491 e. The first-order valence-corrected chi connectivity index (χ1v) is 5.85. The summed E-state index contributed by atoms with van der Waals surface area (Å²) in [5, 5.41) is 1.19. The van der Waals surface area contributed by atoms with E-state index in [1.807, 2.05) is 7.05 Å². The van der Waals surface area contributed by atoms with Crippen LogP contribution in [0.4, 0.5) is 0 Å². The second-order valence-corrected chi connectivity index (χ2v) is 4.36. The lowest BCUT2D eigenvalue weighted by Gasteiger charge is -2.16. The van der Waals surface area contributed by atoms with Crippen molar-refractivity contribution in [2.45, 2.75) is 0 Å². The van der Waals surface area contributed by atoms with E-state index in [1.165, 1.54) is 0 Å². The molecule has 0 bridgehead atoms. The van der Waals surface area contributed by atoms with Gasteiger partial charge >= 0.3 is 0 Å². The first-order chi connectivity index (χ1) is 7.63. The third-order valence-electron chi connectivity index (χ3n) is 2.13. The zero-order valence-corrected chi connectivity index (χ0v) is 10.8. The number of nitrogens with two attached hydrogens (primary N) is 1. The summed E-state index contributed by atoms with van der Waals surface area (Å²) in [5.74, 6) is 0.621. The zero-order chi connectivity index (χ0) is 12.0. The summed E-state index contributed by atoms with van der Waals surface area (Å²) >= 11 is 11.8. The Morgan fingerprint density at radius 2 is 2.06 bits per heavy atom. The van der Waals surface area contributed by atoms with Crippen molar-refractivity contribution in [1.29, 1.82) is 0 Å². The van der Waals surface area contributed by atoms with Gasteiger partial charge in [-0.3, -0.25) is 0 Å². The minimum absolute atomic E-state index is 0.566. The molecule has 0 fully saturated rings. The Labute approximate surface area is 106 Å². The number of hydrogen-bond donors (Lipinski definition) is 1. The van der Waals surface area contributed by atoms with E-state index in [0.717, 1.165) is 13.1 Å². The first kappa shape index (κ1) is 13.6. The van der Waals surface area contributed by atoms with Gasteiger partial charge in [-0.1, -0.05) is 23.2 Å². The molecule has 0 unspecified atom stereocenters. The molecule has 1 rings (SSSR count). The highest BCUT2D eigenvalue weighted by molar-refractivity contribution is 6.34. The lowest BCUT2D eigenvalue weighted by Crippen LogP contribution is -2.29. The maximum absolute atomic E-state index is 5.96. The maximum Gasteiger partial charge on any atom is 0.139 e. The summed E-state index contributed by atoms with van der Waals surface area (Å²) in [5.41, 5.74) is 5.44. The highest BCUT2D eigenvalue weighted by Crippen LogP contribution is 2.27. The summed E-state index contributed by atoms with van der Waals surface area (Å²) in [6.07, 6.45) is 0. The Balaban J connectivity index is 2.39. The molecule has 5 heteroatoms. The first-order valence-electron chi connectivity index (χ1n) is 5.10. The van der Waals surface area contributed by atoms with Gasteiger partial charge in [0.1, 0.15) is 12.4 Å². The van der Waals surface area contributed by atoms with Gasteiger partial charge in [0, 0.05) is 30.7 Å². The fourth-order valence-electron chi connectivity index (χ4n) is 1.23. The van der Waals surface area contributed by atoms with Gasteiger partial charge in [-0.2, -0.15) is 0 Å². The average Bonchev–Trinajstić information content (AvgIpc) is 2.23. The Bertz CT molecular complexity index is 334. The number of nitrogens with zero attached hydrogens (tertiary/aromatic N) is 1. The van der Waals surface area contributed by atoms with Gasteiger partial charge < -0.3 is 15.4 Å². The van der Waals surface area contributed by atoms with Crippen molar-refractivity contribution < 1.29 is 4.74 Å². The van der Waals surface area contributed by atoms with Gasteiger partial charge in [0.2, 0.25) is 0 Å². The van der Waals surface area contributed by atoms with E-state index in [-0.39, 0.29) is 0 Å². The summed E-state index contributed by atoms with van der Waals surface area (Å²) in [6.45, 7) is 2.87. The molecular formula is C11H16Cl2N2O. The molecule has 0 saturated heterocycles. The van der Waals surface area contributed by atoms with E-state index >= 15 is 0 Å². The quantitative estimate of drug-likeness (QED) is 0.855. The van der Waals surface area contributed by atoms with Crippen molar-refractivity contribution in [3.05, 3.63) is 28.2 Å². The largest absolute Gasteiger partial charge is 0.491 e. The van der Waals surface area contributed by atoms with Crippen LogP contribution in [0, 0.1) is 0 Å². The highest BCUT2D eigenvalue weighted by Gasteiger charge is 2.03. The Morgan fingerprint density at radius 1 is 1.31 bits per heavy atom. The molecule has 0 heterocycles. The maximum atomic E-state index is 5.96. The monoisotopic (exact) mass is 262 g/mol. The third-order valence-corrected chi connectivity index (χ3v) is 2.68.